The van der Waals surface area contributed by atoms with E-state index < -0.39 is 21.5 Å². The number of ether oxygens (including phenoxy) is 2. The molecule has 1 atom stereocenters. The first-order chi connectivity index (χ1) is 18.8. The maximum absolute atomic E-state index is 13.6. The zero-order chi connectivity index (χ0) is 28.0. The summed E-state index contributed by atoms with van der Waals surface area (Å²) in [5, 5.41) is 3.26. The zero-order valence-electron chi connectivity index (χ0n) is 22.8. The summed E-state index contributed by atoms with van der Waals surface area (Å²) in [5.41, 5.74) is 1.07. The van der Waals surface area contributed by atoms with Crippen LogP contribution in [0.25, 0.3) is 10.9 Å². The Kier molecular flexibility index (Phi) is 9.29. The molecule has 0 saturated carbocycles. The van der Waals surface area contributed by atoms with Crippen LogP contribution in [0.5, 0.6) is 11.5 Å². The number of hydrogen-bond donors (Lipinski definition) is 2. The van der Waals surface area contributed by atoms with Gasteiger partial charge in [0, 0.05) is 36.1 Å². The molecule has 1 fully saturated rings. The third-order valence-corrected chi connectivity index (χ3v) is 8.96. The lowest BCUT2D eigenvalue weighted by atomic mass is 10.0. The smallest absolute Gasteiger partial charge is 0.252 e. The first-order valence-electron chi connectivity index (χ1n) is 13.6. The number of nitrogens with zero attached hydrogens (tertiary/aromatic N) is 1. The molecule has 1 aliphatic heterocycles. The van der Waals surface area contributed by atoms with Crippen molar-refractivity contribution >= 4 is 26.8 Å². The van der Waals surface area contributed by atoms with Crippen molar-refractivity contribution in [2.45, 2.75) is 63.8 Å². The largest absolute Gasteiger partial charge is 0.490 e. The Labute approximate surface area is 229 Å². The lowest BCUT2D eigenvalue weighted by molar-refractivity contribution is 0.0955. The molecule has 0 radical (unpaired) electrons. The second kappa shape index (κ2) is 12.7. The van der Waals surface area contributed by atoms with Gasteiger partial charge in [-0.2, -0.15) is 4.31 Å². The number of piperidine rings is 1. The van der Waals surface area contributed by atoms with Crippen molar-refractivity contribution in [3.8, 4) is 11.5 Å². The van der Waals surface area contributed by atoms with Crippen molar-refractivity contribution < 1.29 is 22.7 Å². The third kappa shape index (κ3) is 6.45. The van der Waals surface area contributed by atoms with Crippen LogP contribution in [-0.2, 0) is 16.4 Å². The van der Waals surface area contributed by atoms with E-state index in [0.717, 1.165) is 31.2 Å². The topological polar surface area (TPSA) is 118 Å². The van der Waals surface area contributed by atoms with E-state index in [9.17, 15) is 18.0 Å². The van der Waals surface area contributed by atoms with E-state index in [1.807, 2.05) is 39.0 Å². The fourth-order valence-electron chi connectivity index (χ4n) is 5.08. The minimum Gasteiger partial charge on any atom is -0.490 e. The lowest BCUT2D eigenvalue weighted by Gasteiger charge is -2.34. The quantitative estimate of drug-likeness (QED) is 0.365. The predicted molar refractivity (Wildman–Crippen MR) is 151 cm³/mol. The molecule has 0 spiro atoms. The Hall–Kier alpha value is -3.37. The SMILES string of the molecule is CCOc1ccc(CCNC(=O)c2cc(=O)[nH]c3ccc(S(=O)(=O)N4CCCC[C@@H]4CC)cc23)cc1OCC. The molecule has 2 N–H and O–H groups in total. The molecule has 4 rings (SSSR count). The number of hydrogen-bond acceptors (Lipinski definition) is 6. The number of carbonyl (C=O) groups excluding carboxylic acids is 1. The molecule has 2 heterocycles. The normalized spacial score (nSPS) is 16.2. The van der Waals surface area contributed by atoms with Crippen molar-refractivity contribution in [1.82, 2.24) is 14.6 Å². The van der Waals surface area contributed by atoms with Gasteiger partial charge in [-0.1, -0.05) is 19.4 Å². The van der Waals surface area contributed by atoms with Crippen LogP contribution < -0.4 is 20.3 Å². The second-order valence-electron chi connectivity index (χ2n) is 9.58. The Morgan fingerprint density at radius 1 is 1.03 bits per heavy atom. The van der Waals surface area contributed by atoms with Gasteiger partial charge in [-0.15, -0.1) is 0 Å². The summed E-state index contributed by atoms with van der Waals surface area (Å²) < 4.78 is 40.0. The molecule has 0 bridgehead atoms. The molecule has 1 aromatic heterocycles. The van der Waals surface area contributed by atoms with Crippen LogP contribution in [0.2, 0.25) is 0 Å². The standard InChI is InChI=1S/C29H37N3O6S/c1-4-21-9-7-8-16-32(21)39(35,36)22-11-12-25-23(18-22)24(19-28(33)31-25)29(34)30-15-14-20-10-13-26(37-5-2)27(17-20)38-6-3/h10-13,17-19,21H,4-9,14-16H2,1-3H3,(H,30,34)(H,31,33)/t21-/m0/s1. The van der Waals surface area contributed by atoms with Crippen LogP contribution in [-0.4, -0.2) is 56.0 Å². The number of amides is 1. The fraction of sp³-hybridized carbons (Fsp3) is 0.448. The van der Waals surface area contributed by atoms with Crippen molar-refractivity contribution in [3.63, 3.8) is 0 Å². The van der Waals surface area contributed by atoms with Gasteiger partial charge in [0.15, 0.2) is 11.5 Å². The number of fused-ring (bicyclic) bond motifs is 1. The molecule has 0 aliphatic carbocycles. The average molecular weight is 556 g/mol. The molecule has 3 aromatic rings. The number of aromatic nitrogens is 1. The average Bonchev–Trinajstić information content (AvgIpc) is 2.93. The van der Waals surface area contributed by atoms with Gasteiger partial charge in [0.1, 0.15) is 0 Å². The van der Waals surface area contributed by atoms with E-state index >= 15 is 0 Å². The summed E-state index contributed by atoms with van der Waals surface area (Å²) in [5.74, 6) is 0.875. The highest BCUT2D eigenvalue weighted by Gasteiger charge is 2.32. The summed E-state index contributed by atoms with van der Waals surface area (Å²) >= 11 is 0. The number of pyridine rings is 1. The minimum atomic E-state index is -3.75. The zero-order valence-corrected chi connectivity index (χ0v) is 23.6. The number of rotatable bonds is 11. The van der Waals surface area contributed by atoms with E-state index in [-0.39, 0.29) is 16.5 Å². The molecule has 0 unspecified atom stereocenters. The molecule has 1 saturated heterocycles. The van der Waals surface area contributed by atoms with E-state index in [2.05, 4.69) is 10.3 Å². The maximum atomic E-state index is 13.6. The van der Waals surface area contributed by atoms with E-state index in [4.69, 9.17) is 9.47 Å². The fourth-order valence-corrected chi connectivity index (χ4v) is 6.88. The summed E-state index contributed by atoms with van der Waals surface area (Å²) in [6, 6.07) is 11.4. The van der Waals surface area contributed by atoms with Crippen molar-refractivity contribution in [3.05, 3.63) is 63.9 Å². The van der Waals surface area contributed by atoms with Crippen LogP contribution in [0.15, 0.2) is 52.2 Å². The Morgan fingerprint density at radius 2 is 1.79 bits per heavy atom. The van der Waals surface area contributed by atoms with Gasteiger partial charge in [0.05, 0.1) is 23.7 Å². The van der Waals surface area contributed by atoms with Crippen molar-refractivity contribution in [2.75, 3.05) is 26.3 Å². The van der Waals surface area contributed by atoms with Crippen LogP contribution in [0, 0.1) is 0 Å². The van der Waals surface area contributed by atoms with Gasteiger partial charge in [0.2, 0.25) is 15.6 Å². The number of benzene rings is 2. The predicted octanol–water partition coefficient (Wildman–Crippen LogP) is 4.25. The lowest BCUT2D eigenvalue weighted by Crippen LogP contribution is -2.43. The molecular formula is C29H37N3O6S. The molecule has 9 nitrogen and oxygen atoms in total. The molecule has 10 heteroatoms. The van der Waals surface area contributed by atoms with Crippen LogP contribution >= 0.6 is 0 Å². The van der Waals surface area contributed by atoms with E-state index in [1.54, 1.807) is 10.4 Å². The first kappa shape index (κ1) is 28.6. The summed E-state index contributed by atoms with van der Waals surface area (Å²) in [6.07, 6.45) is 3.95. The second-order valence-corrected chi connectivity index (χ2v) is 11.5. The Balaban J connectivity index is 1.56. The number of H-pyrrole nitrogens is 1. The van der Waals surface area contributed by atoms with Gasteiger partial charge in [0.25, 0.3) is 5.91 Å². The van der Waals surface area contributed by atoms with E-state index in [1.165, 1.54) is 18.2 Å². The molecular weight excluding hydrogens is 518 g/mol. The summed E-state index contributed by atoms with van der Waals surface area (Å²) in [4.78, 5) is 28.3. The number of sulfonamides is 1. The number of nitrogens with one attached hydrogen (secondary N) is 2. The third-order valence-electron chi connectivity index (χ3n) is 7.02. The van der Waals surface area contributed by atoms with Crippen LogP contribution in [0.4, 0.5) is 0 Å². The number of carbonyl (C=O) groups is 1. The monoisotopic (exact) mass is 555 g/mol. The van der Waals surface area contributed by atoms with Gasteiger partial charge in [-0.05, 0) is 75.4 Å². The highest BCUT2D eigenvalue weighted by molar-refractivity contribution is 7.89. The highest BCUT2D eigenvalue weighted by atomic mass is 32.2. The van der Waals surface area contributed by atoms with Crippen LogP contribution in [0.1, 0.15) is 62.4 Å². The van der Waals surface area contributed by atoms with Gasteiger partial charge < -0.3 is 19.8 Å². The van der Waals surface area contributed by atoms with Crippen molar-refractivity contribution in [1.29, 1.82) is 0 Å². The van der Waals surface area contributed by atoms with Crippen LogP contribution in [0.3, 0.4) is 0 Å². The molecule has 1 aliphatic rings. The van der Waals surface area contributed by atoms with Gasteiger partial charge in [-0.25, -0.2) is 8.42 Å². The summed E-state index contributed by atoms with van der Waals surface area (Å²) in [6.45, 7) is 7.64. The number of aromatic amines is 1. The molecule has 2 aromatic carbocycles. The maximum Gasteiger partial charge on any atom is 0.252 e. The Morgan fingerprint density at radius 3 is 2.54 bits per heavy atom. The first-order valence-corrected chi connectivity index (χ1v) is 15.1. The summed E-state index contributed by atoms with van der Waals surface area (Å²) in [7, 11) is -3.75. The molecule has 39 heavy (non-hydrogen) atoms. The van der Waals surface area contributed by atoms with Gasteiger partial charge >= 0.3 is 0 Å². The molecule has 1 amide bonds. The molecule has 210 valence electrons. The van der Waals surface area contributed by atoms with E-state index in [0.29, 0.717) is 55.1 Å². The van der Waals surface area contributed by atoms with Crippen molar-refractivity contribution in [2.24, 2.45) is 0 Å². The Bertz CT molecular complexity index is 1480. The minimum absolute atomic E-state index is 0.0383. The highest BCUT2D eigenvalue weighted by Crippen LogP contribution is 2.30. The van der Waals surface area contributed by atoms with Gasteiger partial charge in [-0.3, -0.25) is 9.59 Å².